The van der Waals surface area contributed by atoms with Crippen LogP contribution in [0.5, 0.6) is 0 Å². The number of rotatable bonds is 24. The first kappa shape index (κ1) is 57.7. The molecular weight excluding hydrogens is 1020 g/mol. The lowest BCUT2D eigenvalue weighted by atomic mass is 9.85. The van der Waals surface area contributed by atoms with E-state index in [1.54, 1.807) is 17.4 Å². The predicted octanol–water partition coefficient (Wildman–Crippen LogP) is 9.77. The van der Waals surface area contributed by atoms with Crippen molar-refractivity contribution < 1.29 is 29.1 Å². The molecule has 0 radical (unpaired) electrons. The number of benzene rings is 2. The molecule has 2 fully saturated rings. The van der Waals surface area contributed by atoms with E-state index < -0.39 is 23.6 Å². The van der Waals surface area contributed by atoms with E-state index in [-0.39, 0.29) is 49.0 Å². The Kier molecular flexibility index (Phi) is 20.7. The molecule has 2 saturated heterocycles. The molecule has 2 aromatic carbocycles. The van der Waals surface area contributed by atoms with Gasteiger partial charge < -0.3 is 41.1 Å². The fraction of sp³-hybridized carbons (Fsp3) is 0.518. The van der Waals surface area contributed by atoms with Crippen LogP contribution in [-0.2, 0) is 25.7 Å². The summed E-state index contributed by atoms with van der Waals surface area (Å²) < 4.78 is 0. The molecule has 76 heavy (non-hydrogen) atoms. The lowest BCUT2D eigenvalue weighted by molar-refractivity contribution is -0.144. The summed E-state index contributed by atoms with van der Waals surface area (Å²) >= 11 is 9.10. The van der Waals surface area contributed by atoms with Gasteiger partial charge in [0, 0.05) is 64.6 Å². The van der Waals surface area contributed by atoms with Crippen LogP contribution in [0.2, 0.25) is 5.02 Å². The van der Waals surface area contributed by atoms with E-state index in [2.05, 4.69) is 46.1 Å². The minimum atomic E-state index is -0.848. The van der Waals surface area contributed by atoms with Gasteiger partial charge in [0.05, 0.1) is 39.1 Å². The van der Waals surface area contributed by atoms with Gasteiger partial charge in [-0.15, -0.1) is 11.3 Å². The largest absolute Gasteiger partial charge is 0.391 e. The van der Waals surface area contributed by atoms with Crippen molar-refractivity contribution in [1.82, 2.24) is 40.4 Å². The number of carbonyl (C=O) groups excluding carboxylic acids is 5. The maximum Gasteiger partial charge on any atom is 0.267 e. The zero-order valence-electron chi connectivity index (χ0n) is 44.8. The van der Waals surface area contributed by atoms with Crippen molar-refractivity contribution in [2.75, 3.05) is 48.3 Å². The molecule has 0 saturated carbocycles. The number of halogens is 1. The van der Waals surface area contributed by atoms with Crippen LogP contribution in [0.1, 0.15) is 137 Å². The maximum atomic E-state index is 14.0. The summed E-state index contributed by atoms with van der Waals surface area (Å²) in [6, 6.07) is 13.6. The summed E-state index contributed by atoms with van der Waals surface area (Å²) in [5.74, 6) is 0.957. The van der Waals surface area contributed by atoms with Gasteiger partial charge >= 0.3 is 0 Å². The Bertz CT molecular complexity index is 2750. The first-order chi connectivity index (χ1) is 36.4. The number of thiazole rings is 2. The van der Waals surface area contributed by atoms with Gasteiger partial charge in [-0.2, -0.15) is 0 Å². The van der Waals surface area contributed by atoms with Crippen LogP contribution >= 0.6 is 34.3 Å². The van der Waals surface area contributed by atoms with Gasteiger partial charge in [-0.1, -0.05) is 131 Å². The minimum absolute atomic E-state index is 0.0334. The number of aliphatic hydroxyl groups is 1. The number of hydrogen-bond donors (Lipinski definition) is 5. The third-order valence-electron chi connectivity index (χ3n) is 14.0. The van der Waals surface area contributed by atoms with Crippen LogP contribution < -0.4 is 26.2 Å². The van der Waals surface area contributed by atoms with E-state index in [0.29, 0.717) is 71.4 Å². The summed E-state index contributed by atoms with van der Waals surface area (Å²) in [4.78, 5) is 91.8. The Morgan fingerprint density at radius 1 is 0.842 bits per heavy atom. The van der Waals surface area contributed by atoms with Crippen molar-refractivity contribution in [3.63, 3.8) is 0 Å². The molecule has 0 bridgehead atoms. The standard InChI is InChI=1S/C56H74ClN11O6S2/c1-36-18-17-19-42(57)49(36)65-53(73)44-33-59-55(76-44)63-45-31-46(62-38(3)61-45)66-26-28-67(29-27-66)48(71)21-16-14-12-10-8-7-9-11-13-15-20-47(70)64-51(56(4,5)6)54(74)68-34-41(69)30-43(68)52(72)58-32-39-22-24-40(25-23-39)50-37(2)60-35-75-50/h17-19,22-25,31,33,35,41,43,51,69H,7-16,20-21,26-30,32,34H2,1-6H3,(H,58,72)(H,64,70)(H,65,73)(H,59,61,62,63). The number of carbonyl (C=O) groups is 5. The van der Waals surface area contributed by atoms with Gasteiger partial charge in [-0.05, 0) is 61.8 Å². The molecule has 3 aromatic heterocycles. The van der Waals surface area contributed by atoms with Crippen LogP contribution in [0.15, 0.2) is 60.2 Å². The Labute approximate surface area is 460 Å². The molecule has 3 unspecified atom stereocenters. The Hall–Kier alpha value is -6.02. The molecule has 3 atom stereocenters. The number of aromatic nitrogens is 4. The van der Waals surface area contributed by atoms with Crippen LogP contribution in [-0.4, -0.2) is 115 Å². The van der Waals surface area contributed by atoms with Gasteiger partial charge in [0.15, 0.2) is 5.13 Å². The topological polar surface area (TPSA) is 215 Å². The number of aliphatic hydroxyl groups excluding tert-OH is 1. The van der Waals surface area contributed by atoms with Gasteiger partial charge in [-0.25, -0.2) is 19.9 Å². The Morgan fingerprint density at radius 3 is 2.16 bits per heavy atom. The van der Waals surface area contributed by atoms with Crippen LogP contribution in [0.25, 0.3) is 10.4 Å². The van der Waals surface area contributed by atoms with Crippen molar-refractivity contribution in [3.8, 4) is 10.4 Å². The number of amides is 5. The zero-order chi connectivity index (χ0) is 54.4. The fourth-order valence-corrected chi connectivity index (χ4v) is 11.4. The van der Waals surface area contributed by atoms with E-state index in [4.69, 9.17) is 11.6 Å². The average Bonchev–Trinajstić information content (AvgIpc) is 4.16. The van der Waals surface area contributed by atoms with E-state index >= 15 is 0 Å². The number of aryl methyl sites for hydroxylation is 3. The van der Waals surface area contributed by atoms with E-state index in [9.17, 15) is 29.1 Å². The molecule has 5 amide bonds. The van der Waals surface area contributed by atoms with Crippen molar-refractivity contribution in [1.29, 1.82) is 0 Å². The molecule has 0 spiro atoms. The van der Waals surface area contributed by atoms with Crippen molar-refractivity contribution in [2.24, 2.45) is 5.41 Å². The van der Waals surface area contributed by atoms with Gasteiger partial charge in [-0.3, -0.25) is 24.0 Å². The molecule has 7 rings (SSSR count). The molecule has 17 nitrogen and oxygen atoms in total. The highest BCUT2D eigenvalue weighted by atomic mass is 35.5. The molecule has 0 aliphatic carbocycles. The van der Waals surface area contributed by atoms with E-state index in [1.165, 1.54) is 22.4 Å². The second-order valence-electron chi connectivity index (χ2n) is 21.0. The number of hydrogen-bond acceptors (Lipinski definition) is 14. The summed E-state index contributed by atoms with van der Waals surface area (Å²) in [7, 11) is 0. The average molecular weight is 1100 g/mol. The first-order valence-corrected chi connectivity index (χ1v) is 28.7. The first-order valence-electron chi connectivity index (χ1n) is 26.7. The van der Waals surface area contributed by atoms with Gasteiger partial charge in [0.2, 0.25) is 23.6 Å². The minimum Gasteiger partial charge on any atom is -0.391 e. The molecular formula is C56H74ClN11O6S2. The molecule has 408 valence electrons. The number of β-amino-alcohol motifs (C(OH)–C–C–N with tert-alkyl or cyclic N) is 1. The smallest absolute Gasteiger partial charge is 0.267 e. The highest BCUT2D eigenvalue weighted by molar-refractivity contribution is 7.17. The summed E-state index contributed by atoms with van der Waals surface area (Å²) in [5, 5.41) is 23.6. The molecule has 20 heteroatoms. The van der Waals surface area contributed by atoms with Crippen molar-refractivity contribution in [2.45, 2.75) is 150 Å². The number of likely N-dealkylation sites (tertiary alicyclic amines) is 1. The molecule has 2 aliphatic heterocycles. The van der Waals surface area contributed by atoms with Gasteiger partial charge in [0.1, 0.15) is 34.4 Å². The lowest BCUT2D eigenvalue weighted by Gasteiger charge is -2.35. The SMILES string of the molecule is Cc1nc(Nc2ncc(C(=O)Nc3c(C)cccc3Cl)s2)cc(N2CCN(C(=O)CCCCCCCCCCCCC(=O)NC(C(=O)N3CC(O)CC3C(=O)NCc3ccc(-c4scnc4C)cc3)C(C)(C)C)CC2)n1. The molecule has 5 aromatic rings. The molecule has 2 aliphatic rings. The van der Waals surface area contributed by atoms with Crippen LogP contribution in [0, 0.1) is 26.2 Å². The highest BCUT2D eigenvalue weighted by Crippen LogP contribution is 2.31. The van der Waals surface area contributed by atoms with Crippen molar-refractivity contribution >= 4 is 86.3 Å². The number of piperazine rings is 1. The summed E-state index contributed by atoms with van der Waals surface area (Å²) in [5.41, 5.74) is 5.60. The quantitative estimate of drug-likeness (QED) is 0.0365. The number of para-hydroxylation sites is 1. The third-order valence-corrected chi connectivity index (χ3v) is 16.2. The predicted molar refractivity (Wildman–Crippen MR) is 302 cm³/mol. The lowest BCUT2D eigenvalue weighted by Crippen LogP contribution is -2.57. The highest BCUT2D eigenvalue weighted by Gasteiger charge is 2.44. The summed E-state index contributed by atoms with van der Waals surface area (Å²) in [6.07, 6.45) is 11.9. The Balaban J connectivity index is 0.724. The number of nitrogens with zero attached hydrogens (tertiary/aromatic N) is 7. The second-order valence-corrected chi connectivity index (χ2v) is 23.3. The van der Waals surface area contributed by atoms with E-state index in [1.807, 2.05) is 94.4 Å². The van der Waals surface area contributed by atoms with Gasteiger partial charge in [0.25, 0.3) is 5.91 Å². The summed E-state index contributed by atoms with van der Waals surface area (Å²) in [6.45, 7) is 14.3. The monoisotopic (exact) mass is 1100 g/mol. The fourth-order valence-electron chi connectivity index (χ4n) is 9.62. The van der Waals surface area contributed by atoms with Crippen molar-refractivity contribution in [3.05, 3.63) is 92.8 Å². The normalized spacial score (nSPS) is 16.1. The van der Waals surface area contributed by atoms with Crippen LogP contribution in [0.3, 0.4) is 0 Å². The molecule has 5 N–H and O–H groups in total. The maximum absolute atomic E-state index is 14.0. The van der Waals surface area contributed by atoms with E-state index in [0.717, 1.165) is 97.3 Å². The Morgan fingerprint density at radius 2 is 1.51 bits per heavy atom. The number of anilines is 4. The number of nitrogens with one attached hydrogen (secondary N) is 4. The zero-order valence-corrected chi connectivity index (χ0v) is 47.1. The number of unbranched alkanes of at least 4 members (excludes halogenated alkanes) is 9. The third kappa shape index (κ3) is 16.3. The molecule has 5 heterocycles. The second kappa shape index (κ2) is 27.3. The van der Waals surface area contributed by atoms with Crippen LogP contribution in [0.4, 0.5) is 22.5 Å².